The molecule has 0 saturated heterocycles. The molecule has 1 N–H and O–H groups in total. The zero-order valence-corrected chi connectivity index (χ0v) is 38.8. The van der Waals surface area contributed by atoms with E-state index >= 15 is 0 Å². The number of nitrogens with zero attached hydrogens (tertiary/aromatic N) is 2. The number of benzene rings is 3. The summed E-state index contributed by atoms with van der Waals surface area (Å²) in [4.78, 5) is 46.0. The van der Waals surface area contributed by atoms with E-state index in [1.54, 1.807) is 0 Å². The molecule has 2 amide bonds. The van der Waals surface area contributed by atoms with Crippen LogP contribution >= 0.6 is 0 Å². The number of methoxy groups -OCH3 is 1. The molecule has 0 saturated carbocycles. The van der Waals surface area contributed by atoms with Crippen molar-refractivity contribution in [1.82, 2.24) is 15.4 Å². The number of hydrogen-bond acceptors (Lipinski definition) is 12. The highest BCUT2D eigenvalue weighted by Crippen LogP contribution is 2.31. The van der Waals surface area contributed by atoms with Crippen LogP contribution in [0.15, 0.2) is 91.0 Å². The van der Waals surface area contributed by atoms with Crippen molar-refractivity contribution in [2.45, 2.75) is 84.2 Å². The summed E-state index contributed by atoms with van der Waals surface area (Å²) in [5, 5.41) is 4.22. The van der Waals surface area contributed by atoms with E-state index in [0.29, 0.717) is 128 Å². The minimum atomic E-state index is -0.427. The third-order valence-corrected chi connectivity index (χ3v) is 9.68. The average molecular weight is 900 g/mol. The summed E-state index contributed by atoms with van der Waals surface area (Å²) in [5.74, 6) is 1.51. The molecule has 0 bridgehead atoms. The third kappa shape index (κ3) is 21.8. The summed E-state index contributed by atoms with van der Waals surface area (Å²) in [6.07, 6.45) is 5.98. The van der Waals surface area contributed by atoms with E-state index in [-0.39, 0.29) is 18.3 Å². The molecule has 14 heteroatoms. The van der Waals surface area contributed by atoms with Gasteiger partial charge in [0.1, 0.15) is 11.5 Å². The number of carbonyl (C=O) groups is 3. The Morgan fingerprint density at radius 1 is 0.631 bits per heavy atom. The van der Waals surface area contributed by atoms with Gasteiger partial charge in [-0.1, -0.05) is 66.7 Å². The van der Waals surface area contributed by atoms with E-state index in [4.69, 9.17) is 43.0 Å². The van der Waals surface area contributed by atoms with Gasteiger partial charge in [0, 0.05) is 49.8 Å². The first-order valence-corrected chi connectivity index (χ1v) is 22.8. The van der Waals surface area contributed by atoms with Crippen molar-refractivity contribution in [2.24, 2.45) is 0 Å². The van der Waals surface area contributed by atoms with E-state index in [2.05, 4.69) is 23.5 Å². The first-order chi connectivity index (χ1) is 31.6. The van der Waals surface area contributed by atoms with Gasteiger partial charge in [0.05, 0.1) is 71.2 Å². The minimum Gasteiger partial charge on any atom is -0.493 e. The summed E-state index contributed by atoms with van der Waals surface area (Å²) in [6, 6.07) is 30.0. The highest BCUT2D eigenvalue weighted by atomic mass is 16.7. The summed E-state index contributed by atoms with van der Waals surface area (Å²) in [5.41, 5.74) is 4.42. The van der Waals surface area contributed by atoms with Crippen LogP contribution in [0, 0.1) is 0 Å². The summed E-state index contributed by atoms with van der Waals surface area (Å²) >= 11 is 0. The van der Waals surface area contributed by atoms with Gasteiger partial charge in [-0.3, -0.25) is 19.2 Å². The van der Waals surface area contributed by atoms with Crippen LogP contribution in [-0.2, 0) is 44.6 Å². The highest BCUT2D eigenvalue weighted by molar-refractivity contribution is 5.75. The first kappa shape index (κ1) is 52.1. The minimum absolute atomic E-state index is 0.0557. The Balaban J connectivity index is 1.08. The van der Waals surface area contributed by atoms with Crippen LogP contribution in [0.1, 0.15) is 77.7 Å². The van der Waals surface area contributed by atoms with Gasteiger partial charge in [-0.05, 0) is 95.0 Å². The number of rotatable bonds is 34. The molecule has 0 radical (unpaired) electrons. The number of aromatic nitrogens is 1. The molecule has 65 heavy (non-hydrogen) atoms. The van der Waals surface area contributed by atoms with Gasteiger partial charge in [-0.2, -0.15) is 0 Å². The van der Waals surface area contributed by atoms with Gasteiger partial charge in [0.2, 0.25) is 18.2 Å². The van der Waals surface area contributed by atoms with E-state index in [1.165, 1.54) is 12.2 Å². The molecular weight excluding hydrogens is 831 g/mol. The zero-order chi connectivity index (χ0) is 46.4. The lowest BCUT2D eigenvalue weighted by atomic mass is 10.0. The molecule has 0 spiro atoms. The maximum atomic E-state index is 12.5. The standard InChI is InChI=1S/C51H69N3O11/c1-51(2,3)65-54(40-55)28-17-30-60-35-37-61-36-34-59-29-16-27-52-48(56)24-15-33-63-47-23-14-22-46(44(47)25-26-50(57)58-4)62-31-12-7-13-32-64-49-39-43(41-18-8-5-9-19-41)38-45(53-49)42-20-10-6-11-21-42/h5-6,8-11,14,18-23,38-40H,7,12-13,15-17,24-37H2,1-4H3,(H,52,56). The van der Waals surface area contributed by atoms with Crippen LogP contribution < -0.4 is 19.5 Å². The number of hydrogen-bond donors (Lipinski definition) is 1. The Labute approximate surface area is 385 Å². The molecule has 4 rings (SSSR count). The molecule has 14 nitrogen and oxygen atoms in total. The van der Waals surface area contributed by atoms with Crippen molar-refractivity contribution in [2.75, 3.05) is 79.7 Å². The fourth-order valence-electron chi connectivity index (χ4n) is 6.51. The molecule has 0 atom stereocenters. The summed E-state index contributed by atoms with van der Waals surface area (Å²) < 4.78 is 40.1. The number of esters is 1. The van der Waals surface area contributed by atoms with Gasteiger partial charge in [-0.25, -0.2) is 10.0 Å². The number of unbranched alkanes of at least 4 members (excludes halogenated alkanes) is 2. The third-order valence-electron chi connectivity index (χ3n) is 9.68. The van der Waals surface area contributed by atoms with Crippen molar-refractivity contribution in [3.05, 3.63) is 96.6 Å². The van der Waals surface area contributed by atoms with Crippen molar-refractivity contribution in [3.63, 3.8) is 0 Å². The Morgan fingerprint density at radius 2 is 1.23 bits per heavy atom. The molecule has 0 aliphatic rings. The van der Waals surface area contributed by atoms with Crippen LogP contribution in [-0.4, -0.2) is 114 Å². The molecule has 0 fully saturated rings. The Morgan fingerprint density at radius 3 is 1.86 bits per heavy atom. The first-order valence-electron chi connectivity index (χ1n) is 22.8. The molecule has 0 aliphatic carbocycles. The second-order valence-corrected chi connectivity index (χ2v) is 16.2. The molecule has 0 unspecified atom stereocenters. The predicted octanol–water partition coefficient (Wildman–Crippen LogP) is 8.44. The predicted molar refractivity (Wildman–Crippen MR) is 250 cm³/mol. The number of amides is 2. The van der Waals surface area contributed by atoms with Gasteiger partial charge in [-0.15, -0.1) is 0 Å². The highest BCUT2D eigenvalue weighted by Gasteiger charge is 2.16. The summed E-state index contributed by atoms with van der Waals surface area (Å²) in [6.45, 7) is 10.8. The molecule has 3 aromatic carbocycles. The lowest BCUT2D eigenvalue weighted by Crippen LogP contribution is -2.34. The topological polar surface area (TPSA) is 153 Å². The fraction of sp³-hybridized carbons (Fsp3) is 0.490. The van der Waals surface area contributed by atoms with E-state index in [1.807, 2.05) is 93.6 Å². The SMILES string of the molecule is COC(=O)CCc1c(OCCCCCOc2cc(-c3ccccc3)cc(-c3ccccc3)n2)cccc1OCCCC(=O)NCCCOCCOCCOCCCN(C=O)OC(C)(C)C. The quantitative estimate of drug-likeness (QED) is 0.0207. The van der Waals surface area contributed by atoms with E-state index in [9.17, 15) is 14.4 Å². The van der Waals surface area contributed by atoms with Gasteiger partial charge in [0.25, 0.3) is 0 Å². The van der Waals surface area contributed by atoms with E-state index < -0.39 is 5.60 Å². The number of hydroxylamine groups is 2. The monoisotopic (exact) mass is 899 g/mol. The average Bonchev–Trinajstić information content (AvgIpc) is 3.31. The summed E-state index contributed by atoms with van der Waals surface area (Å²) in [7, 11) is 1.37. The van der Waals surface area contributed by atoms with Crippen molar-refractivity contribution >= 4 is 18.3 Å². The van der Waals surface area contributed by atoms with Crippen LogP contribution in [0.2, 0.25) is 0 Å². The number of carbonyl (C=O) groups excluding carboxylic acids is 3. The molecular formula is C51H69N3O11. The number of nitrogens with one attached hydrogen (secondary N) is 1. The molecule has 354 valence electrons. The van der Waals surface area contributed by atoms with E-state index in [0.717, 1.165) is 47.2 Å². The van der Waals surface area contributed by atoms with Crippen LogP contribution in [0.4, 0.5) is 0 Å². The number of pyridine rings is 1. The van der Waals surface area contributed by atoms with Gasteiger partial charge < -0.3 is 38.5 Å². The molecule has 1 heterocycles. The molecule has 4 aromatic rings. The van der Waals surface area contributed by atoms with Crippen LogP contribution in [0.5, 0.6) is 17.4 Å². The Bertz CT molecular complexity index is 1890. The smallest absolute Gasteiger partial charge is 0.305 e. The van der Waals surface area contributed by atoms with Crippen LogP contribution in [0.25, 0.3) is 22.4 Å². The number of ether oxygens (including phenoxy) is 7. The Hall–Kier alpha value is -5.54. The lowest BCUT2D eigenvalue weighted by molar-refractivity contribution is -0.216. The Kier molecular flexibility index (Phi) is 24.5. The second kappa shape index (κ2) is 30.6. The second-order valence-electron chi connectivity index (χ2n) is 16.2. The largest absolute Gasteiger partial charge is 0.493 e. The van der Waals surface area contributed by atoms with Crippen LogP contribution in [0.3, 0.4) is 0 Å². The maximum Gasteiger partial charge on any atom is 0.305 e. The zero-order valence-electron chi connectivity index (χ0n) is 38.8. The molecule has 1 aromatic heterocycles. The van der Waals surface area contributed by atoms with Crippen molar-refractivity contribution in [3.8, 4) is 39.8 Å². The van der Waals surface area contributed by atoms with Gasteiger partial charge >= 0.3 is 5.97 Å². The molecule has 0 aliphatic heterocycles. The lowest BCUT2D eigenvalue weighted by Gasteiger charge is -2.26. The maximum absolute atomic E-state index is 12.5. The van der Waals surface area contributed by atoms with Crippen molar-refractivity contribution < 1.29 is 52.4 Å². The van der Waals surface area contributed by atoms with Gasteiger partial charge in [0.15, 0.2) is 0 Å². The normalized spacial score (nSPS) is 11.2. The van der Waals surface area contributed by atoms with Crippen molar-refractivity contribution in [1.29, 1.82) is 0 Å². The fourth-order valence-corrected chi connectivity index (χ4v) is 6.51.